The summed E-state index contributed by atoms with van der Waals surface area (Å²) in [4.78, 5) is 41.9. The van der Waals surface area contributed by atoms with Crippen LogP contribution >= 0.6 is 11.6 Å². The molecule has 1 fully saturated rings. The summed E-state index contributed by atoms with van der Waals surface area (Å²) in [7, 11) is 0. The van der Waals surface area contributed by atoms with Crippen LogP contribution in [0.5, 0.6) is 0 Å². The molecule has 2 amide bonds. The molecular weight excluding hydrogens is 863 g/mol. The molecule has 7 rings (SSSR count). The number of fused-ring (bicyclic) bond motifs is 1. The molecule has 5 aromatic carbocycles. The van der Waals surface area contributed by atoms with Gasteiger partial charge in [0, 0.05) is 0 Å². The normalized spacial score (nSPS) is 14.7. The van der Waals surface area contributed by atoms with E-state index < -0.39 is 38.3 Å². The van der Waals surface area contributed by atoms with Gasteiger partial charge in [-0.15, -0.1) is 0 Å². The van der Waals surface area contributed by atoms with Crippen LogP contribution in [0.2, 0.25) is 5.02 Å². The van der Waals surface area contributed by atoms with Gasteiger partial charge in [-0.1, -0.05) is 0 Å². The monoisotopic (exact) mass is 909 g/mol. The van der Waals surface area contributed by atoms with Gasteiger partial charge in [0.25, 0.3) is 0 Å². The predicted molar refractivity (Wildman–Crippen MR) is 225 cm³/mol. The van der Waals surface area contributed by atoms with E-state index in [1.54, 1.807) is 23.1 Å². The minimum absolute atomic E-state index is 0.0492. The number of amides is 2. The van der Waals surface area contributed by atoms with Crippen molar-refractivity contribution in [3.05, 3.63) is 155 Å². The first-order valence-electron chi connectivity index (χ1n) is 19.5. The van der Waals surface area contributed by atoms with Crippen LogP contribution in [0.15, 0.2) is 127 Å². The van der Waals surface area contributed by atoms with Crippen molar-refractivity contribution in [2.45, 2.75) is 68.6 Å². The van der Waals surface area contributed by atoms with Crippen molar-refractivity contribution in [1.29, 1.82) is 0 Å². The Morgan fingerprint density at radius 2 is 1.43 bits per heavy atom. The Kier molecular flexibility index (Phi) is 12.3. The molecule has 1 N–H and O–H groups in total. The van der Waals surface area contributed by atoms with Gasteiger partial charge in [0.1, 0.15) is 0 Å². The van der Waals surface area contributed by atoms with Crippen LogP contribution in [0.4, 0.5) is 15.4 Å². The van der Waals surface area contributed by atoms with E-state index in [1.165, 1.54) is 0 Å². The SMILES string of the molecule is CC(C)OC(=O)c1ccc(Cl)c(-c2ccc3c(c2)c(NC(=O)[I-]C2CCCN(C(=O)OC(C)(C)C)C2)nn3C(c2ccccc2)(c2ccccc2)c2ccccc2)c1. The van der Waals surface area contributed by atoms with Crippen LogP contribution in [0, 0.1) is 0 Å². The molecule has 1 aliphatic heterocycles. The molecule has 2 heterocycles. The Hall–Kier alpha value is -5.20. The van der Waals surface area contributed by atoms with Crippen LogP contribution in [-0.2, 0) is 15.0 Å². The standard InChI is InChI=1S/C47H47ClIN4O5/c1-31(2)57-43(54)33-23-25-40(48)38(29-33)32-24-26-41-39(28-32)42(50-44(55)49-37-22-15-27-52(30-37)45(56)58-46(3,4)5)51-53(41)47(34-16-9-6-10-17-34,35-18-11-7-12-19-35)36-20-13-8-14-21-36/h6-14,16-21,23-26,28-29,31,37H,15,22,27,30H2,1-5H3,(H,50,51,55)/q-1. The third-order valence-corrected chi connectivity index (χ3v) is 13.0. The third kappa shape index (κ3) is 8.78. The summed E-state index contributed by atoms with van der Waals surface area (Å²) < 4.78 is 13.1. The predicted octanol–water partition coefficient (Wildman–Crippen LogP) is 7.78. The number of nitrogens with one attached hydrogen (secondary N) is 1. The number of aromatic nitrogens is 2. The molecule has 0 bridgehead atoms. The van der Waals surface area contributed by atoms with Crippen molar-refractivity contribution in [3.8, 4) is 11.1 Å². The summed E-state index contributed by atoms with van der Waals surface area (Å²) in [6, 6.07) is 41.8. The summed E-state index contributed by atoms with van der Waals surface area (Å²) in [5, 5.41) is 9.76. The molecule has 1 unspecified atom stereocenters. The number of rotatable bonds is 10. The average molecular weight is 910 g/mol. The number of nitrogens with zero attached hydrogens (tertiary/aromatic N) is 3. The van der Waals surface area contributed by atoms with Crippen molar-refractivity contribution in [3.63, 3.8) is 0 Å². The zero-order valence-electron chi connectivity index (χ0n) is 33.2. The van der Waals surface area contributed by atoms with Crippen molar-refractivity contribution >= 4 is 44.3 Å². The molecule has 0 saturated carbocycles. The second kappa shape index (κ2) is 17.3. The number of piperidine rings is 1. The van der Waals surface area contributed by atoms with Crippen LogP contribution in [0.3, 0.4) is 0 Å². The van der Waals surface area contributed by atoms with E-state index in [2.05, 4.69) is 41.7 Å². The number of carbonyl (C=O) groups excluding carboxylic acids is 3. The Labute approximate surface area is 354 Å². The first-order chi connectivity index (χ1) is 27.8. The van der Waals surface area contributed by atoms with Crippen LogP contribution < -0.4 is 26.5 Å². The maximum absolute atomic E-state index is 14.2. The first kappa shape index (κ1) is 41.0. The van der Waals surface area contributed by atoms with E-state index in [0.29, 0.717) is 40.4 Å². The van der Waals surface area contributed by atoms with Gasteiger partial charge in [0.05, 0.1) is 0 Å². The van der Waals surface area contributed by atoms with E-state index in [1.807, 2.05) is 112 Å². The van der Waals surface area contributed by atoms with Crippen molar-refractivity contribution in [1.82, 2.24) is 14.7 Å². The second-order valence-corrected chi connectivity index (χ2v) is 19.4. The number of ether oxygens (including phenoxy) is 2. The van der Waals surface area contributed by atoms with E-state index in [0.717, 1.165) is 40.6 Å². The number of esters is 1. The van der Waals surface area contributed by atoms with Crippen LogP contribution in [0.25, 0.3) is 22.0 Å². The number of alkyl halides is 1. The number of benzene rings is 5. The Bertz CT molecular complexity index is 2320. The van der Waals surface area contributed by atoms with Gasteiger partial charge in [-0.3, -0.25) is 0 Å². The van der Waals surface area contributed by atoms with E-state index in [4.69, 9.17) is 26.2 Å². The van der Waals surface area contributed by atoms with Gasteiger partial charge in [-0.05, 0) is 13.8 Å². The molecule has 0 radical (unpaired) electrons. The van der Waals surface area contributed by atoms with Gasteiger partial charge in [-0.2, -0.15) is 0 Å². The fourth-order valence-electron chi connectivity index (χ4n) is 7.46. The molecule has 1 atom stereocenters. The van der Waals surface area contributed by atoms with Crippen LogP contribution in [-0.4, -0.2) is 59.4 Å². The summed E-state index contributed by atoms with van der Waals surface area (Å²) in [5.41, 5.74) is 3.92. The summed E-state index contributed by atoms with van der Waals surface area (Å²) in [6.45, 7) is 10.3. The molecule has 0 aliphatic carbocycles. The Balaban J connectivity index is 1.37. The van der Waals surface area contributed by atoms with Gasteiger partial charge in [-0.25, -0.2) is 0 Å². The van der Waals surface area contributed by atoms with Crippen molar-refractivity contribution < 1.29 is 45.1 Å². The number of hydrogen-bond acceptors (Lipinski definition) is 6. The van der Waals surface area contributed by atoms with E-state index in [-0.39, 0.29) is 20.0 Å². The second-order valence-electron chi connectivity index (χ2n) is 15.6. The van der Waals surface area contributed by atoms with E-state index >= 15 is 0 Å². The number of carbonyl (C=O) groups is 3. The average Bonchev–Trinajstić information content (AvgIpc) is 3.55. The van der Waals surface area contributed by atoms with Gasteiger partial charge < -0.3 is 0 Å². The number of likely N-dealkylation sites (tertiary alicyclic amines) is 1. The summed E-state index contributed by atoms with van der Waals surface area (Å²) >= 11 is 5.76. The zero-order chi connectivity index (χ0) is 41.0. The molecule has 0 spiro atoms. The number of halogens is 2. The maximum atomic E-state index is 14.2. The molecule has 6 aromatic rings. The number of hydrogen-bond donors (Lipinski definition) is 1. The molecule has 300 valence electrons. The molecule has 9 nitrogen and oxygen atoms in total. The molecule has 1 aliphatic rings. The quantitative estimate of drug-likeness (QED) is 0.0377. The van der Waals surface area contributed by atoms with Crippen molar-refractivity contribution in [2.24, 2.45) is 0 Å². The van der Waals surface area contributed by atoms with Crippen molar-refractivity contribution in [2.75, 3.05) is 18.4 Å². The van der Waals surface area contributed by atoms with Gasteiger partial charge in [0.2, 0.25) is 0 Å². The zero-order valence-corrected chi connectivity index (χ0v) is 36.2. The van der Waals surface area contributed by atoms with E-state index in [9.17, 15) is 14.4 Å². The fraction of sp³-hybridized carbons (Fsp3) is 0.277. The molecule has 1 aromatic heterocycles. The molecule has 58 heavy (non-hydrogen) atoms. The molecular formula is C47H47ClIN4O5-. The Morgan fingerprint density at radius 3 is 2.00 bits per heavy atom. The van der Waals surface area contributed by atoms with Gasteiger partial charge in [0.15, 0.2) is 0 Å². The van der Waals surface area contributed by atoms with Gasteiger partial charge >= 0.3 is 343 Å². The third-order valence-electron chi connectivity index (χ3n) is 9.91. The molecule has 11 heteroatoms. The molecule has 1 saturated heterocycles. The Morgan fingerprint density at radius 1 is 0.828 bits per heavy atom. The summed E-state index contributed by atoms with van der Waals surface area (Å²) in [5.74, 6) is -0.0370. The van der Waals surface area contributed by atoms with Crippen LogP contribution in [0.1, 0.15) is 74.5 Å². The fourth-order valence-corrected chi connectivity index (χ4v) is 10.3. The topological polar surface area (TPSA) is 103 Å². The summed E-state index contributed by atoms with van der Waals surface area (Å²) in [6.07, 6.45) is 1.02. The minimum atomic E-state index is -1.08. The first-order valence-corrected chi connectivity index (χ1v) is 22.2. The number of anilines is 1.